The number of carbonyl (C=O) groups is 1. The number of esters is 1. The summed E-state index contributed by atoms with van der Waals surface area (Å²) in [6, 6.07) is 0. The summed E-state index contributed by atoms with van der Waals surface area (Å²) in [7, 11) is 1.53. The van der Waals surface area contributed by atoms with E-state index in [4.69, 9.17) is 9.47 Å². The Bertz CT molecular complexity index is 624. The van der Waals surface area contributed by atoms with Gasteiger partial charge in [-0.3, -0.25) is 4.79 Å². The van der Waals surface area contributed by atoms with Gasteiger partial charge in [-0.15, -0.1) is 0 Å². The summed E-state index contributed by atoms with van der Waals surface area (Å²) in [5, 5.41) is 4.05. The van der Waals surface area contributed by atoms with Gasteiger partial charge in [0.15, 0.2) is 0 Å². The molecule has 128 valence electrons. The monoisotopic (exact) mass is 322 g/mol. The van der Waals surface area contributed by atoms with E-state index < -0.39 is 11.5 Å². The fourth-order valence-corrected chi connectivity index (χ4v) is 3.02. The Labute approximate surface area is 136 Å². The quantitative estimate of drug-likeness (QED) is 0.613. The lowest BCUT2D eigenvalue weighted by atomic mass is 9.88. The van der Waals surface area contributed by atoms with Gasteiger partial charge in [0.25, 0.3) is 5.56 Å². The average Bonchev–Trinajstić information content (AvgIpc) is 2.51. The molecular weight excluding hydrogens is 296 g/mol. The molecule has 0 amide bonds. The summed E-state index contributed by atoms with van der Waals surface area (Å²) in [5.74, 6) is -0.0503. The Balaban J connectivity index is 1.89. The van der Waals surface area contributed by atoms with E-state index in [0.29, 0.717) is 23.8 Å². The number of hydrogen-bond donors (Lipinski definition) is 0. The van der Waals surface area contributed by atoms with Crippen LogP contribution in [0.5, 0.6) is 0 Å². The number of aromatic nitrogens is 2. The zero-order valence-corrected chi connectivity index (χ0v) is 14.4. The predicted molar refractivity (Wildman–Crippen MR) is 86.6 cm³/mol. The van der Waals surface area contributed by atoms with Gasteiger partial charge in [0.1, 0.15) is 12.2 Å². The Kier molecular flexibility index (Phi) is 5.93. The number of carbonyl (C=O) groups excluding carboxylic acids is 1. The first-order chi connectivity index (χ1) is 10.9. The largest absolute Gasteiger partial charge is 0.459 e. The fraction of sp³-hybridized carbons (Fsp3) is 0.706. The van der Waals surface area contributed by atoms with E-state index in [1.165, 1.54) is 31.0 Å². The highest BCUT2D eigenvalue weighted by molar-refractivity contribution is 5.90. The maximum Gasteiger partial charge on any atom is 0.344 e. The summed E-state index contributed by atoms with van der Waals surface area (Å²) in [6.45, 7) is 6.19. The summed E-state index contributed by atoms with van der Waals surface area (Å²) in [5.41, 5.74) is 0.845. The molecule has 1 saturated carbocycles. The number of hydrogen-bond acceptors (Lipinski definition) is 5. The van der Waals surface area contributed by atoms with Crippen molar-refractivity contribution in [3.8, 4) is 0 Å². The molecule has 1 heterocycles. The molecule has 0 aliphatic heterocycles. The molecule has 1 aromatic rings. The molecule has 1 fully saturated rings. The number of rotatable bonds is 5. The minimum Gasteiger partial charge on any atom is -0.459 e. The molecular formula is C17H26N2O4. The predicted octanol–water partition coefficient (Wildman–Crippen LogP) is 2.15. The highest BCUT2D eigenvalue weighted by atomic mass is 16.6. The minimum atomic E-state index is -0.603. The molecule has 0 radical (unpaired) electrons. The van der Waals surface area contributed by atoms with Gasteiger partial charge in [-0.05, 0) is 38.2 Å². The van der Waals surface area contributed by atoms with Crippen molar-refractivity contribution >= 4 is 5.97 Å². The average molecular weight is 322 g/mol. The second-order valence-corrected chi connectivity index (χ2v) is 6.32. The van der Waals surface area contributed by atoms with Crippen molar-refractivity contribution < 1.29 is 14.3 Å². The summed E-state index contributed by atoms with van der Waals surface area (Å²) < 4.78 is 12.2. The molecule has 0 aromatic carbocycles. The van der Waals surface area contributed by atoms with Crippen molar-refractivity contribution in [3.05, 3.63) is 27.2 Å². The summed E-state index contributed by atoms with van der Waals surface area (Å²) in [6.07, 6.45) is 4.97. The summed E-state index contributed by atoms with van der Waals surface area (Å²) in [4.78, 5) is 24.3. The van der Waals surface area contributed by atoms with Crippen LogP contribution in [0.1, 0.15) is 54.2 Å². The number of aryl methyl sites for hydroxylation is 2. The van der Waals surface area contributed by atoms with Gasteiger partial charge in [-0.2, -0.15) is 5.10 Å². The number of ether oxygens (including phenoxy) is 2. The van der Waals surface area contributed by atoms with E-state index in [9.17, 15) is 9.59 Å². The van der Waals surface area contributed by atoms with Crippen molar-refractivity contribution in [1.82, 2.24) is 9.78 Å². The molecule has 0 unspecified atom stereocenters. The Morgan fingerprint density at radius 1 is 1.26 bits per heavy atom. The Morgan fingerprint density at radius 2 is 1.96 bits per heavy atom. The topological polar surface area (TPSA) is 70.4 Å². The van der Waals surface area contributed by atoms with Gasteiger partial charge < -0.3 is 9.47 Å². The minimum absolute atomic E-state index is 0.0611. The van der Waals surface area contributed by atoms with Crippen LogP contribution in [0.25, 0.3) is 0 Å². The standard InChI is InChI=1S/C17H26N2O4/c1-11-7-5-6-8-14(11)22-9-10-23-17(21)15-12(2)13(3)18-19(4)16(15)20/h11,14H,5-10H2,1-4H3/t11-,14+/m1/s1. The van der Waals surface area contributed by atoms with E-state index in [1.807, 2.05) is 0 Å². The molecule has 1 aliphatic rings. The lowest BCUT2D eigenvalue weighted by Gasteiger charge is -2.28. The smallest absolute Gasteiger partial charge is 0.344 e. The van der Waals surface area contributed by atoms with E-state index in [1.54, 1.807) is 13.8 Å². The molecule has 0 saturated heterocycles. The molecule has 23 heavy (non-hydrogen) atoms. The van der Waals surface area contributed by atoms with E-state index in [0.717, 1.165) is 6.42 Å². The SMILES string of the molecule is Cc1nn(C)c(=O)c(C(=O)OCCO[C@H]2CCCC[C@H]2C)c1C. The van der Waals surface area contributed by atoms with Gasteiger partial charge in [-0.25, -0.2) is 9.48 Å². The van der Waals surface area contributed by atoms with E-state index in [-0.39, 0.29) is 18.3 Å². The third-order valence-corrected chi connectivity index (χ3v) is 4.61. The van der Waals surface area contributed by atoms with Crippen molar-refractivity contribution in [3.63, 3.8) is 0 Å². The van der Waals surface area contributed by atoms with Crippen molar-refractivity contribution in [2.75, 3.05) is 13.2 Å². The van der Waals surface area contributed by atoms with Crippen LogP contribution in [0, 0.1) is 19.8 Å². The molecule has 0 N–H and O–H groups in total. The molecule has 2 atom stereocenters. The fourth-order valence-electron chi connectivity index (χ4n) is 3.02. The van der Waals surface area contributed by atoms with Gasteiger partial charge in [0.2, 0.25) is 0 Å². The van der Waals surface area contributed by atoms with Gasteiger partial charge >= 0.3 is 5.97 Å². The molecule has 0 spiro atoms. The second kappa shape index (κ2) is 7.73. The first-order valence-corrected chi connectivity index (χ1v) is 8.25. The highest BCUT2D eigenvalue weighted by Crippen LogP contribution is 2.26. The van der Waals surface area contributed by atoms with Gasteiger partial charge in [-0.1, -0.05) is 19.8 Å². The molecule has 6 heteroatoms. The van der Waals surface area contributed by atoms with Crippen LogP contribution in [0.4, 0.5) is 0 Å². The van der Waals surface area contributed by atoms with Crippen LogP contribution in [-0.2, 0) is 16.5 Å². The van der Waals surface area contributed by atoms with Crippen LogP contribution in [0.3, 0.4) is 0 Å². The van der Waals surface area contributed by atoms with Crippen LogP contribution < -0.4 is 5.56 Å². The molecule has 6 nitrogen and oxygen atoms in total. The lowest BCUT2D eigenvalue weighted by molar-refractivity contribution is -0.0272. The first-order valence-electron chi connectivity index (χ1n) is 8.25. The van der Waals surface area contributed by atoms with Crippen LogP contribution in [-0.4, -0.2) is 35.1 Å². The molecule has 0 bridgehead atoms. The molecule has 1 aromatic heterocycles. The van der Waals surface area contributed by atoms with Crippen molar-refractivity contribution in [1.29, 1.82) is 0 Å². The van der Waals surface area contributed by atoms with Crippen LogP contribution in [0.15, 0.2) is 4.79 Å². The third-order valence-electron chi connectivity index (χ3n) is 4.61. The van der Waals surface area contributed by atoms with E-state index in [2.05, 4.69) is 12.0 Å². The van der Waals surface area contributed by atoms with Gasteiger partial charge in [0, 0.05) is 7.05 Å². The lowest BCUT2D eigenvalue weighted by Crippen LogP contribution is -2.31. The number of nitrogens with zero attached hydrogens (tertiary/aromatic N) is 2. The molecule has 1 aliphatic carbocycles. The van der Waals surface area contributed by atoms with Crippen LogP contribution in [0.2, 0.25) is 0 Å². The maximum absolute atomic E-state index is 12.2. The summed E-state index contributed by atoms with van der Waals surface area (Å²) >= 11 is 0. The first kappa shape index (κ1) is 17.7. The van der Waals surface area contributed by atoms with Crippen molar-refractivity contribution in [2.45, 2.75) is 52.6 Å². The zero-order valence-electron chi connectivity index (χ0n) is 14.4. The van der Waals surface area contributed by atoms with Crippen LogP contribution >= 0.6 is 0 Å². The Hall–Kier alpha value is -1.69. The highest BCUT2D eigenvalue weighted by Gasteiger charge is 2.22. The van der Waals surface area contributed by atoms with E-state index >= 15 is 0 Å². The zero-order chi connectivity index (χ0) is 17.0. The molecule has 2 rings (SSSR count). The maximum atomic E-state index is 12.2. The van der Waals surface area contributed by atoms with Gasteiger partial charge in [0.05, 0.1) is 18.4 Å². The third kappa shape index (κ3) is 4.19. The second-order valence-electron chi connectivity index (χ2n) is 6.32. The normalized spacial score (nSPS) is 21.2. The Morgan fingerprint density at radius 3 is 2.65 bits per heavy atom. The van der Waals surface area contributed by atoms with Crippen molar-refractivity contribution in [2.24, 2.45) is 13.0 Å².